The minimum Gasteiger partial charge on any atom is -0.339 e. The van der Waals surface area contributed by atoms with Crippen molar-refractivity contribution in [2.45, 2.75) is 50.5 Å². The van der Waals surface area contributed by atoms with Gasteiger partial charge in [-0.1, -0.05) is 5.16 Å². The largest absolute Gasteiger partial charge is 0.339 e. The first-order valence-electron chi connectivity index (χ1n) is 9.13. The van der Waals surface area contributed by atoms with E-state index in [9.17, 15) is 8.78 Å². The van der Waals surface area contributed by atoms with Crippen molar-refractivity contribution in [3.05, 3.63) is 17.1 Å². The van der Waals surface area contributed by atoms with Gasteiger partial charge in [-0.05, 0) is 32.7 Å². The van der Waals surface area contributed by atoms with Crippen molar-refractivity contribution in [1.29, 1.82) is 0 Å². The second-order valence-corrected chi connectivity index (χ2v) is 7.38. The van der Waals surface area contributed by atoms with Gasteiger partial charge >= 0.3 is 0 Å². The summed E-state index contributed by atoms with van der Waals surface area (Å²) in [5, 5.41) is 7.31. The Morgan fingerprint density at radius 2 is 2.12 bits per heavy atom. The Bertz CT molecular complexity index is 848. The van der Waals surface area contributed by atoms with E-state index < -0.39 is 5.92 Å². The average Bonchev–Trinajstić information content (AvgIpc) is 3.33. The summed E-state index contributed by atoms with van der Waals surface area (Å²) in [5.41, 5.74) is 0.663. The van der Waals surface area contributed by atoms with Crippen LogP contribution in [-0.4, -0.2) is 45.8 Å². The van der Waals surface area contributed by atoms with Crippen molar-refractivity contribution in [1.82, 2.24) is 25.4 Å². The highest BCUT2D eigenvalue weighted by molar-refractivity contribution is 5.61. The summed E-state index contributed by atoms with van der Waals surface area (Å²) in [6.07, 6.45) is 1.91. The molecule has 0 amide bonds. The van der Waals surface area contributed by atoms with Crippen LogP contribution >= 0.6 is 0 Å². The lowest BCUT2D eigenvalue weighted by Crippen LogP contribution is -2.47. The Hall–Kier alpha value is -2.16. The average molecular weight is 362 g/mol. The molecule has 2 fully saturated rings. The number of hydrogen-bond acceptors (Lipinski definition) is 7. The third kappa shape index (κ3) is 2.40. The van der Waals surface area contributed by atoms with Crippen LogP contribution in [0.2, 0.25) is 0 Å². The molecule has 0 saturated carbocycles. The molecule has 0 radical (unpaired) electrons. The van der Waals surface area contributed by atoms with Gasteiger partial charge in [0.05, 0.1) is 5.92 Å². The number of rotatable bonds is 3. The normalized spacial score (nSPS) is 26.8. The zero-order valence-corrected chi connectivity index (χ0v) is 14.5. The monoisotopic (exact) mass is 362 g/mol. The van der Waals surface area contributed by atoms with Gasteiger partial charge in [-0.15, -0.1) is 0 Å². The molecule has 4 heterocycles. The molecule has 26 heavy (non-hydrogen) atoms. The molecule has 2 saturated heterocycles. The molecule has 7 nitrogen and oxygen atoms in total. The number of nitrogens with one attached hydrogen (secondary N) is 1. The van der Waals surface area contributed by atoms with E-state index in [-0.39, 0.29) is 36.3 Å². The van der Waals surface area contributed by atoms with Crippen molar-refractivity contribution >= 4 is 5.95 Å². The summed E-state index contributed by atoms with van der Waals surface area (Å²) in [4.78, 5) is 15.2. The number of anilines is 1. The number of hydrogen-bond donors (Lipinski definition) is 1. The van der Waals surface area contributed by atoms with Gasteiger partial charge in [0.2, 0.25) is 17.7 Å². The highest BCUT2D eigenvalue weighted by Crippen LogP contribution is 2.44. The summed E-state index contributed by atoms with van der Waals surface area (Å²) < 4.78 is 34.1. The molecular formula is C17H20F2N6O. The summed E-state index contributed by atoms with van der Waals surface area (Å²) >= 11 is 0. The minimum absolute atomic E-state index is 0.169. The molecule has 2 atom stereocenters. The molecule has 2 aliphatic heterocycles. The molecule has 0 unspecified atom stereocenters. The van der Waals surface area contributed by atoms with Gasteiger partial charge in [-0.3, -0.25) is 0 Å². The molecule has 0 aromatic carbocycles. The summed E-state index contributed by atoms with van der Waals surface area (Å²) in [6.45, 7) is 4.51. The van der Waals surface area contributed by atoms with Gasteiger partial charge in [-0.25, -0.2) is 9.97 Å². The summed E-state index contributed by atoms with van der Waals surface area (Å²) in [5.74, 6) is -1.59. The van der Waals surface area contributed by atoms with Crippen LogP contribution in [0, 0.1) is 0 Å². The maximum atomic E-state index is 14.4. The second-order valence-electron chi connectivity index (χ2n) is 7.38. The molecule has 1 aliphatic carbocycles. The molecule has 0 bridgehead atoms. The Morgan fingerprint density at radius 3 is 2.81 bits per heavy atom. The topological polar surface area (TPSA) is 80.0 Å². The Kier molecular flexibility index (Phi) is 3.50. The van der Waals surface area contributed by atoms with E-state index in [2.05, 4.69) is 25.4 Å². The minimum atomic E-state index is -2.93. The van der Waals surface area contributed by atoms with Gasteiger partial charge in [-0.2, -0.15) is 13.8 Å². The smallest absolute Gasteiger partial charge is 0.290 e. The third-order valence-electron chi connectivity index (χ3n) is 5.67. The lowest BCUT2D eigenvalue weighted by Gasteiger charge is -2.39. The van der Waals surface area contributed by atoms with Crippen LogP contribution in [0.15, 0.2) is 4.52 Å². The van der Waals surface area contributed by atoms with Gasteiger partial charge < -0.3 is 14.7 Å². The molecule has 2 aromatic rings. The van der Waals surface area contributed by atoms with Crippen LogP contribution in [0.25, 0.3) is 11.5 Å². The van der Waals surface area contributed by atoms with Crippen LogP contribution in [0.3, 0.4) is 0 Å². The van der Waals surface area contributed by atoms with Crippen molar-refractivity contribution in [3.8, 4) is 11.5 Å². The fourth-order valence-corrected chi connectivity index (χ4v) is 3.90. The van der Waals surface area contributed by atoms with Crippen LogP contribution in [0.4, 0.5) is 14.7 Å². The van der Waals surface area contributed by atoms with E-state index in [4.69, 9.17) is 4.52 Å². The molecule has 2 aromatic heterocycles. The van der Waals surface area contributed by atoms with Gasteiger partial charge in [0, 0.05) is 31.1 Å². The number of aromatic nitrogens is 4. The molecular weight excluding hydrogens is 342 g/mol. The van der Waals surface area contributed by atoms with E-state index in [0.717, 1.165) is 32.5 Å². The van der Waals surface area contributed by atoms with Crippen LogP contribution < -0.4 is 10.2 Å². The lowest BCUT2D eigenvalue weighted by molar-refractivity contribution is -0.00595. The number of halogens is 2. The number of alkyl halides is 2. The van der Waals surface area contributed by atoms with Crippen molar-refractivity contribution in [3.63, 3.8) is 0 Å². The molecule has 9 heteroatoms. The maximum Gasteiger partial charge on any atom is 0.290 e. The van der Waals surface area contributed by atoms with Gasteiger partial charge in [0.1, 0.15) is 11.4 Å². The Morgan fingerprint density at radius 1 is 1.23 bits per heavy atom. The predicted molar refractivity (Wildman–Crippen MR) is 89.2 cm³/mol. The van der Waals surface area contributed by atoms with E-state index in [1.165, 1.54) is 0 Å². The van der Waals surface area contributed by atoms with Gasteiger partial charge in [0.15, 0.2) is 0 Å². The SMILES string of the molecule is C[C@H]1CCN1c1nc(-c2noc([C@@H]3CCNC3)n2)c2c(n1)C(F)(F)CC2. The number of fused-ring (bicyclic) bond motifs is 1. The van der Waals surface area contributed by atoms with E-state index in [1.807, 2.05) is 11.8 Å². The van der Waals surface area contributed by atoms with Crippen molar-refractivity contribution in [2.24, 2.45) is 0 Å². The molecule has 3 aliphatic rings. The van der Waals surface area contributed by atoms with Crippen LogP contribution in [0.1, 0.15) is 49.3 Å². The first-order valence-corrected chi connectivity index (χ1v) is 9.13. The van der Waals surface area contributed by atoms with Gasteiger partial charge in [0.25, 0.3) is 5.92 Å². The highest BCUT2D eigenvalue weighted by atomic mass is 19.3. The van der Waals surface area contributed by atoms with E-state index >= 15 is 0 Å². The Balaban J connectivity index is 1.59. The second kappa shape index (κ2) is 5.67. The predicted octanol–water partition coefficient (Wildman–Crippen LogP) is 2.24. The fraction of sp³-hybridized carbons (Fsp3) is 0.647. The zero-order valence-electron chi connectivity index (χ0n) is 14.5. The zero-order chi connectivity index (χ0) is 17.9. The molecule has 138 valence electrons. The Labute approximate surface area is 149 Å². The summed E-state index contributed by atoms with van der Waals surface area (Å²) in [6, 6.07) is 0.251. The standard InChI is InChI=1S/C17H20F2N6O/c1-9-4-7-25(9)16-21-12(11-2-5-17(18,19)13(11)22-16)14-23-15(26-24-14)10-3-6-20-8-10/h9-10,20H,2-8H2,1H3/t9-,10+/m0/s1. The number of nitrogens with zero attached hydrogens (tertiary/aromatic N) is 5. The van der Waals surface area contributed by atoms with Crippen molar-refractivity contribution < 1.29 is 13.3 Å². The first kappa shape index (κ1) is 16.0. The quantitative estimate of drug-likeness (QED) is 0.897. The summed E-state index contributed by atoms with van der Waals surface area (Å²) in [7, 11) is 0. The maximum absolute atomic E-state index is 14.4. The van der Waals surface area contributed by atoms with Crippen LogP contribution in [0.5, 0.6) is 0 Å². The third-order valence-corrected chi connectivity index (χ3v) is 5.67. The van der Waals surface area contributed by atoms with E-state index in [1.54, 1.807) is 0 Å². The van der Waals surface area contributed by atoms with E-state index in [0.29, 0.717) is 23.1 Å². The van der Waals surface area contributed by atoms with Crippen LogP contribution in [-0.2, 0) is 12.3 Å². The van der Waals surface area contributed by atoms with Crippen molar-refractivity contribution in [2.75, 3.05) is 24.5 Å². The first-order chi connectivity index (χ1) is 12.5. The lowest BCUT2D eigenvalue weighted by atomic mass is 10.1. The highest BCUT2D eigenvalue weighted by Gasteiger charge is 2.44. The molecule has 0 spiro atoms. The molecule has 5 rings (SSSR count). The fourth-order valence-electron chi connectivity index (χ4n) is 3.90. The molecule has 1 N–H and O–H groups in total.